The lowest BCUT2D eigenvalue weighted by molar-refractivity contribution is -0.384. The molecule has 0 aliphatic carbocycles. The van der Waals surface area contributed by atoms with Crippen molar-refractivity contribution in [3.63, 3.8) is 0 Å². The number of H-pyrrole nitrogens is 1. The molecule has 9 nitrogen and oxygen atoms in total. The molecular formula is C22H22N6O3. The molecule has 158 valence electrons. The van der Waals surface area contributed by atoms with Crippen LogP contribution in [-0.2, 0) is 5.41 Å². The van der Waals surface area contributed by atoms with E-state index in [0.717, 1.165) is 11.3 Å². The highest BCUT2D eigenvalue weighted by molar-refractivity contribution is 5.94. The monoisotopic (exact) mass is 418 g/mol. The van der Waals surface area contributed by atoms with Crippen molar-refractivity contribution in [2.75, 3.05) is 5.32 Å². The summed E-state index contributed by atoms with van der Waals surface area (Å²) in [4.78, 5) is 23.9. The molecule has 4 aromatic rings. The number of nitrogens with one attached hydrogen (secondary N) is 2. The van der Waals surface area contributed by atoms with E-state index in [2.05, 4.69) is 41.4 Å². The number of hydrogen-bond donors (Lipinski definition) is 2. The fraction of sp³-hybridized carbons (Fsp3) is 0.227. The number of nitro benzene ring substituents is 1. The van der Waals surface area contributed by atoms with Gasteiger partial charge in [-0.05, 0) is 36.1 Å². The van der Waals surface area contributed by atoms with Crippen molar-refractivity contribution in [1.82, 2.24) is 20.0 Å². The minimum atomic E-state index is -0.501. The predicted octanol–water partition coefficient (Wildman–Crippen LogP) is 4.37. The molecule has 2 heterocycles. The van der Waals surface area contributed by atoms with Crippen molar-refractivity contribution in [3.8, 4) is 5.69 Å². The normalized spacial score (nSPS) is 11.6. The van der Waals surface area contributed by atoms with Crippen LogP contribution in [0.3, 0.4) is 0 Å². The predicted molar refractivity (Wildman–Crippen MR) is 119 cm³/mol. The van der Waals surface area contributed by atoms with E-state index in [1.165, 1.54) is 22.9 Å². The number of fused-ring (bicyclic) bond motifs is 1. The van der Waals surface area contributed by atoms with Gasteiger partial charge in [-0.1, -0.05) is 32.9 Å². The Morgan fingerprint density at radius 2 is 1.77 bits per heavy atom. The third-order valence-corrected chi connectivity index (χ3v) is 5.02. The van der Waals surface area contributed by atoms with Crippen LogP contribution in [0.5, 0.6) is 0 Å². The van der Waals surface area contributed by atoms with Crippen LogP contribution in [0.2, 0.25) is 0 Å². The largest absolute Gasteiger partial charge is 0.321 e. The van der Waals surface area contributed by atoms with Crippen LogP contribution in [0.15, 0.2) is 53.3 Å². The summed E-state index contributed by atoms with van der Waals surface area (Å²) >= 11 is 0. The molecular weight excluding hydrogens is 396 g/mol. The Morgan fingerprint density at radius 3 is 2.35 bits per heavy atom. The number of anilines is 2. The van der Waals surface area contributed by atoms with Crippen molar-refractivity contribution in [2.45, 2.75) is 33.1 Å². The van der Waals surface area contributed by atoms with Crippen molar-refractivity contribution >= 4 is 28.1 Å². The van der Waals surface area contributed by atoms with Crippen LogP contribution in [0.1, 0.15) is 32.0 Å². The Bertz CT molecular complexity index is 1350. The van der Waals surface area contributed by atoms with Crippen LogP contribution in [0.25, 0.3) is 16.5 Å². The van der Waals surface area contributed by atoms with E-state index in [1.54, 1.807) is 6.07 Å². The van der Waals surface area contributed by atoms with Gasteiger partial charge in [-0.3, -0.25) is 20.0 Å². The van der Waals surface area contributed by atoms with Gasteiger partial charge < -0.3 is 5.32 Å². The number of nitro groups is 1. The molecule has 2 N–H and O–H groups in total. The van der Waals surface area contributed by atoms with Gasteiger partial charge in [0.1, 0.15) is 0 Å². The fourth-order valence-electron chi connectivity index (χ4n) is 3.31. The molecule has 0 atom stereocenters. The average Bonchev–Trinajstić information content (AvgIpc) is 3.14. The van der Waals surface area contributed by atoms with Crippen LogP contribution in [0.4, 0.5) is 17.3 Å². The van der Waals surface area contributed by atoms with Crippen LogP contribution >= 0.6 is 0 Å². The third-order valence-electron chi connectivity index (χ3n) is 5.02. The summed E-state index contributed by atoms with van der Waals surface area (Å²) < 4.78 is 1.29. The second-order valence-corrected chi connectivity index (χ2v) is 8.41. The van der Waals surface area contributed by atoms with E-state index in [9.17, 15) is 14.9 Å². The minimum absolute atomic E-state index is 0.0240. The Hall–Kier alpha value is -4.01. The number of non-ortho nitro benzene ring substituents is 1. The van der Waals surface area contributed by atoms with Crippen molar-refractivity contribution < 1.29 is 4.92 Å². The van der Waals surface area contributed by atoms with Gasteiger partial charge in [0.2, 0.25) is 0 Å². The maximum Gasteiger partial charge on any atom is 0.279 e. The zero-order valence-electron chi connectivity index (χ0n) is 17.6. The van der Waals surface area contributed by atoms with E-state index < -0.39 is 4.92 Å². The Morgan fingerprint density at radius 1 is 1.06 bits per heavy atom. The molecule has 0 saturated carbocycles. The lowest BCUT2D eigenvalue weighted by atomic mass is 9.87. The molecule has 4 rings (SSSR count). The molecule has 0 fully saturated rings. The zero-order chi connectivity index (χ0) is 22.3. The standard InChI is InChI=1S/C22H22N6O3/c1-13-11-19(25-24-13)23-20-18-12-16(28(30)31)9-10-17(18)21(29)27(26-20)15-7-5-14(6-8-15)22(2,3)4/h5-12H,1-4H3,(H2,23,24,25,26). The first-order valence-corrected chi connectivity index (χ1v) is 9.75. The maximum atomic E-state index is 13.2. The van der Waals surface area contributed by atoms with Gasteiger partial charge in [0, 0.05) is 29.3 Å². The Kier molecular flexibility index (Phi) is 4.81. The highest BCUT2D eigenvalue weighted by Crippen LogP contribution is 2.27. The number of aromatic amines is 1. The van der Waals surface area contributed by atoms with E-state index >= 15 is 0 Å². The first-order valence-electron chi connectivity index (χ1n) is 9.75. The summed E-state index contributed by atoms with van der Waals surface area (Å²) in [5.74, 6) is 0.788. The van der Waals surface area contributed by atoms with Gasteiger partial charge in [-0.2, -0.15) is 9.78 Å². The summed E-state index contributed by atoms with van der Waals surface area (Å²) in [5, 5.41) is 26.5. The van der Waals surface area contributed by atoms with Crippen molar-refractivity contribution in [1.29, 1.82) is 0 Å². The summed E-state index contributed by atoms with van der Waals surface area (Å²) in [5.41, 5.74) is 2.05. The van der Waals surface area contributed by atoms with Gasteiger partial charge in [-0.25, -0.2) is 0 Å². The number of aryl methyl sites for hydroxylation is 1. The summed E-state index contributed by atoms with van der Waals surface area (Å²) in [6.07, 6.45) is 0. The first-order chi connectivity index (χ1) is 14.6. The molecule has 0 amide bonds. The number of nitrogens with zero attached hydrogens (tertiary/aromatic N) is 4. The first kappa shape index (κ1) is 20.3. The highest BCUT2D eigenvalue weighted by Gasteiger charge is 2.18. The SMILES string of the molecule is Cc1cc(Nc2nn(-c3ccc(C(C)(C)C)cc3)c(=O)c3ccc([N+](=O)[O-])cc23)n[nH]1. The molecule has 0 aliphatic heterocycles. The average molecular weight is 418 g/mol. The second kappa shape index (κ2) is 7.35. The van der Waals surface area contributed by atoms with Crippen molar-refractivity contribution in [3.05, 3.63) is 80.3 Å². The molecule has 0 spiro atoms. The van der Waals surface area contributed by atoms with Crippen LogP contribution < -0.4 is 10.9 Å². The van der Waals surface area contributed by atoms with Crippen LogP contribution in [0, 0.1) is 17.0 Å². The Labute approximate surface area is 177 Å². The van der Waals surface area contributed by atoms with Gasteiger partial charge in [-0.15, -0.1) is 5.10 Å². The molecule has 0 radical (unpaired) electrons. The lowest BCUT2D eigenvalue weighted by Gasteiger charge is -2.19. The maximum absolute atomic E-state index is 13.2. The number of rotatable bonds is 4. The summed E-state index contributed by atoms with van der Waals surface area (Å²) in [6, 6.07) is 13.5. The molecule has 9 heteroatoms. The third kappa shape index (κ3) is 3.89. The Balaban J connectivity index is 1.92. The second-order valence-electron chi connectivity index (χ2n) is 8.41. The highest BCUT2D eigenvalue weighted by atomic mass is 16.6. The molecule has 0 saturated heterocycles. The van der Waals surface area contributed by atoms with E-state index in [1.807, 2.05) is 31.2 Å². The van der Waals surface area contributed by atoms with E-state index in [-0.39, 0.29) is 16.7 Å². The number of benzene rings is 2. The summed E-state index contributed by atoms with van der Waals surface area (Å²) in [7, 11) is 0. The molecule has 2 aromatic carbocycles. The molecule has 0 aliphatic rings. The topological polar surface area (TPSA) is 119 Å². The summed E-state index contributed by atoms with van der Waals surface area (Å²) in [6.45, 7) is 8.20. The fourth-order valence-corrected chi connectivity index (χ4v) is 3.31. The molecule has 0 unspecified atom stereocenters. The van der Waals surface area contributed by atoms with Gasteiger partial charge in [0.05, 0.1) is 16.0 Å². The smallest absolute Gasteiger partial charge is 0.279 e. The molecule has 31 heavy (non-hydrogen) atoms. The van der Waals surface area contributed by atoms with Gasteiger partial charge in [0.15, 0.2) is 11.6 Å². The quantitative estimate of drug-likeness (QED) is 0.375. The van der Waals surface area contributed by atoms with Gasteiger partial charge in [0.25, 0.3) is 11.2 Å². The molecule has 0 bridgehead atoms. The number of hydrogen-bond acceptors (Lipinski definition) is 6. The minimum Gasteiger partial charge on any atom is -0.321 e. The van der Waals surface area contributed by atoms with Crippen LogP contribution in [-0.4, -0.2) is 24.9 Å². The van der Waals surface area contributed by atoms with E-state index in [4.69, 9.17) is 0 Å². The number of aromatic nitrogens is 4. The van der Waals surface area contributed by atoms with E-state index in [0.29, 0.717) is 28.1 Å². The van der Waals surface area contributed by atoms with Gasteiger partial charge >= 0.3 is 0 Å². The zero-order valence-corrected chi connectivity index (χ0v) is 17.6. The van der Waals surface area contributed by atoms with Crippen molar-refractivity contribution in [2.24, 2.45) is 0 Å². The lowest BCUT2D eigenvalue weighted by Crippen LogP contribution is -2.23. The molecule has 2 aromatic heterocycles.